The Hall–Kier alpha value is -1.26. The van der Waals surface area contributed by atoms with E-state index < -0.39 is 0 Å². The van der Waals surface area contributed by atoms with Crippen molar-refractivity contribution in [2.75, 3.05) is 24.3 Å². The molecule has 0 unspecified atom stereocenters. The van der Waals surface area contributed by atoms with Gasteiger partial charge in [-0.25, -0.2) is 0 Å². The van der Waals surface area contributed by atoms with Crippen LogP contribution < -0.4 is 11.1 Å². The van der Waals surface area contributed by atoms with E-state index in [0.717, 1.165) is 6.61 Å². The summed E-state index contributed by atoms with van der Waals surface area (Å²) < 4.78 is 5.62. The number of amides is 1. The smallest absolute Gasteiger partial charge is 0.226 e. The molecule has 1 aliphatic carbocycles. The summed E-state index contributed by atoms with van der Waals surface area (Å²) in [6.07, 6.45) is 6.83. The highest BCUT2D eigenvalue weighted by Crippen LogP contribution is 2.24. The molecule has 0 saturated heterocycles. The molecule has 0 aliphatic heterocycles. The first kappa shape index (κ1) is 16.1. The number of nitrogens with one attached hydrogen (secondary N) is 1. The van der Waals surface area contributed by atoms with Crippen molar-refractivity contribution in [3.63, 3.8) is 0 Å². The molecular formula is C16H23ClN2O2. The van der Waals surface area contributed by atoms with Crippen LogP contribution in [0.2, 0.25) is 5.02 Å². The maximum absolute atomic E-state index is 11.8. The third-order valence-electron chi connectivity index (χ3n) is 3.84. The number of anilines is 2. The van der Waals surface area contributed by atoms with Gasteiger partial charge in [-0.15, -0.1) is 0 Å². The van der Waals surface area contributed by atoms with E-state index in [2.05, 4.69) is 5.32 Å². The predicted molar refractivity (Wildman–Crippen MR) is 86.5 cm³/mol. The summed E-state index contributed by atoms with van der Waals surface area (Å²) in [5.41, 5.74) is 6.86. The standard InChI is InChI=1S/C16H23ClN2O2/c17-13-6-7-15(14(18)10-13)19-16(20)8-9-21-11-12-4-2-1-3-5-12/h6-7,10,12H,1-5,8-9,11,18H2,(H,19,20). The molecule has 0 bridgehead atoms. The van der Waals surface area contributed by atoms with Crippen LogP contribution in [0.1, 0.15) is 38.5 Å². The minimum Gasteiger partial charge on any atom is -0.397 e. The molecule has 0 aromatic heterocycles. The van der Waals surface area contributed by atoms with Crippen molar-refractivity contribution in [3.05, 3.63) is 23.2 Å². The molecule has 0 heterocycles. The average Bonchev–Trinajstić information content (AvgIpc) is 2.48. The van der Waals surface area contributed by atoms with Crippen molar-refractivity contribution in [1.82, 2.24) is 0 Å². The van der Waals surface area contributed by atoms with Gasteiger partial charge in [-0.2, -0.15) is 0 Å². The van der Waals surface area contributed by atoms with E-state index in [9.17, 15) is 4.79 Å². The molecule has 1 aliphatic rings. The van der Waals surface area contributed by atoms with E-state index in [1.54, 1.807) is 18.2 Å². The summed E-state index contributed by atoms with van der Waals surface area (Å²) in [6.45, 7) is 1.23. The van der Waals surface area contributed by atoms with Crippen molar-refractivity contribution >= 4 is 28.9 Å². The highest BCUT2D eigenvalue weighted by atomic mass is 35.5. The first-order chi connectivity index (χ1) is 10.1. The summed E-state index contributed by atoms with van der Waals surface area (Å²) in [6, 6.07) is 5.03. The van der Waals surface area contributed by atoms with E-state index in [4.69, 9.17) is 22.1 Å². The lowest BCUT2D eigenvalue weighted by Gasteiger charge is -2.21. The maximum atomic E-state index is 11.8. The van der Waals surface area contributed by atoms with Gasteiger partial charge in [-0.3, -0.25) is 4.79 Å². The van der Waals surface area contributed by atoms with Gasteiger partial charge in [-0.1, -0.05) is 30.9 Å². The van der Waals surface area contributed by atoms with Crippen LogP contribution in [0.15, 0.2) is 18.2 Å². The van der Waals surface area contributed by atoms with E-state index >= 15 is 0 Å². The van der Waals surface area contributed by atoms with Crippen LogP contribution in [0.25, 0.3) is 0 Å². The number of ether oxygens (including phenoxy) is 1. The number of hydrogen-bond donors (Lipinski definition) is 2. The summed E-state index contributed by atoms with van der Waals surface area (Å²) in [5, 5.41) is 3.33. The Bertz CT molecular complexity index is 473. The summed E-state index contributed by atoms with van der Waals surface area (Å²) in [7, 11) is 0. The van der Waals surface area contributed by atoms with Crippen LogP contribution >= 0.6 is 11.6 Å². The number of benzene rings is 1. The zero-order valence-corrected chi connectivity index (χ0v) is 13.0. The largest absolute Gasteiger partial charge is 0.397 e. The lowest BCUT2D eigenvalue weighted by atomic mass is 9.90. The molecule has 0 radical (unpaired) electrons. The molecule has 116 valence electrons. The highest BCUT2D eigenvalue weighted by molar-refractivity contribution is 6.31. The van der Waals surface area contributed by atoms with Gasteiger partial charge in [0.15, 0.2) is 0 Å². The summed E-state index contributed by atoms with van der Waals surface area (Å²) in [4.78, 5) is 11.8. The van der Waals surface area contributed by atoms with Crippen molar-refractivity contribution in [2.45, 2.75) is 38.5 Å². The van der Waals surface area contributed by atoms with Gasteiger partial charge in [0.1, 0.15) is 0 Å². The third kappa shape index (κ3) is 5.56. The molecule has 1 amide bonds. The molecule has 2 rings (SSSR count). The monoisotopic (exact) mass is 310 g/mol. The van der Waals surface area contributed by atoms with Crippen molar-refractivity contribution in [2.24, 2.45) is 5.92 Å². The topological polar surface area (TPSA) is 64.3 Å². The summed E-state index contributed by atoms with van der Waals surface area (Å²) in [5.74, 6) is 0.585. The lowest BCUT2D eigenvalue weighted by Crippen LogP contribution is -2.18. The third-order valence-corrected chi connectivity index (χ3v) is 4.07. The Kier molecular flexibility index (Phi) is 6.33. The number of rotatable bonds is 6. The fourth-order valence-corrected chi connectivity index (χ4v) is 2.81. The second kappa shape index (κ2) is 8.25. The zero-order chi connectivity index (χ0) is 15.1. The molecule has 3 N–H and O–H groups in total. The predicted octanol–water partition coefficient (Wildman–Crippen LogP) is 3.85. The van der Waals surface area contributed by atoms with Crippen LogP contribution in [-0.2, 0) is 9.53 Å². The van der Waals surface area contributed by atoms with Gasteiger partial charge in [0.05, 0.1) is 24.4 Å². The molecule has 1 aromatic rings. The maximum Gasteiger partial charge on any atom is 0.226 e. The minimum absolute atomic E-state index is 0.0901. The average molecular weight is 311 g/mol. The lowest BCUT2D eigenvalue weighted by molar-refractivity contribution is -0.117. The van der Waals surface area contributed by atoms with Crippen LogP contribution in [0.5, 0.6) is 0 Å². The first-order valence-electron chi connectivity index (χ1n) is 7.58. The Morgan fingerprint density at radius 3 is 2.81 bits per heavy atom. The summed E-state index contributed by atoms with van der Waals surface area (Å²) >= 11 is 5.82. The van der Waals surface area contributed by atoms with Crippen LogP contribution in [0.3, 0.4) is 0 Å². The number of carbonyl (C=O) groups excluding carboxylic acids is 1. The zero-order valence-electron chi connectivity index (χ0n) is 12.2. The Labute approximate surface area is 131 Å². The van der Waals surface area contributed by atoms with E-state index in [1.165, 1.54) is 32.1 Å². The van der Waals surface area contributed by atoms with E-state index in [1.807, 2.05) is 0 Å². The van der Waals surface area contributed by atoms with E-state index in [-0.39, 0.29) is 5.91 Å². The normalized spacial score (nSPS) is 15.9. The highest BCUT2D eigenvalue weighted by Gasteiger charge is 2.13. The molecule has 1 fully saturated rings. The first-order valence-corrected chi connectivity index (χ1v) is 7.95. The van der Waals surface area contributed by atoms with Gasteiger partial charge in [-0.05, 0) is 37.0 Å². The number of nitrogen functional groups attached to an aromatic ring is 1. The molecule has 0 spiro atoms. The second-order valence-corrected chi connectivity index (χ2v) is 6.05. The number of carbonyl (C=O) groups is 1. The number of nitrogens with two attached hydrogens (primary N) is 1. The Morgan fingerprint density at radius 2 is 2.10 bits per heavy atom. The van der Waals surface area contributed by atoms with E-state index in [0.29, 0.717) is 35.3 Å². The van der Waals surface area contributed by atoms with Gasteiger partial charge < -0.3 is 15.8 Å². The van der Waals surface area contributed by atoms with Crippen molar-refractivity contribution in [3.8, 4) is 0 Å². The van der Waals surface area contributed by atoms with Gasteiger partial charge in [0.25, 0.3) is 0 Å². The molecule has 0 atom stereocenters. The molecule has 4 nitrogen and oxygen atoms in total. The molecule has 5 heteroatoms. The quantitative estimate of drug-likeness (QED) is 0.619. The Morgan fingerprint density at radius 1 is 1.33 bits per heavy atom. The fourth-order valence-electron chi connectivity index (χ4n) is 2.63. The van der Waals surface area contributed by atoms with Crippen molar-refractivity contribution < 1.29 is 9.53 Å². The van der Waals surface area contributed by atoms with Crippen LogP contribution in [-0.4, -0.2) is 19.1 Å². The molecular weight excluding hydrogens is 288 g/mol. The van der Waals surface area contributed by atoms with Crippen LogP contribution in [0, 0.1) is 5.92 Å². The van der Waals surface area contributed by atoms with Gasteiger partial charge in [0, 0.05) is 11.6 Å². The number of hydrogen-bond acceptors (Lipinski definition) is 3. The molecule has 1 saturated carbocycles. The van der Waals surface area contributed by atoms with Gasteiger partial charge >= 0.3 is 0 Å². The second-order valence-electron chi connectivity index (χ2n) is 5.61. The molecule has 21 heavy (non-hydrogen) atoms. The SMILES string of the molecule is Nc1cc(Cl)ccc1NC(=O)CCOCC1CCCCC1. The van der Waals surface area contributed by atoms with Crippen LogP contribution in [0.4, 0.5) is 11.4 Å². The Balaban J connectivity index is 1.65. The minimum atomic E-state index is -0.0901. The fraction of sp³-hybridized carbons (Fsp3) is 0.562. The number of halogens is 1. The van der Waals surface area contributed by atoms with Gasteiger partial charge in [0.2, 0.25) is 5.91 Å². The van der Waals surface area contributed by atoms with Crippen molar-refractivity contribution in [1.29, 1.82) is 0 Å². The molecule has 1 aromatic carbocycles.